The molecule has 1 heterocycles. The van der Waals surface area contributed by atoms with Gasteiger partial charge in [0.2, 0.25) is 0 Å². The average molecular weight is 433 g/mol. The molecule has 1 unspecified atom stereocenters. The topological polar surface area (TPSA) is 83.6 Å². The Hall–Kier alpha value is -2.51. The van der Waals surface area contributed by atoms with E-state index in [9.17, 15) is 9.90 Å². The van der Waals surface area contributed by atoms with E-state index in [1.807, 2.05) is 42.6 Å². The summed E-state index contributed by atoms with van der Waals surface area (Å²) in [6, 6.07) is 10.8. The number of hydrogen-bond acceptors (Lipinski definition) is 4. The molecule has 3 rings (SSSR count). The SMILES string of the molecule is COc1cc(Br)cc(CNC(Cc2c[nH]c3ccccc23)C(=O)O)c1OC. The second-order valence-electron chi connectivity index (χ2n) is 6.14. The summed E-state index contributed by atoms with van der Waals surface area (Å²) in [5.74, 6) is 0.276. The van der Waals surface area contributed by atoms with Crippen molar-refractivity contribution in [1.29, 1.82) is 0 Å². The number of aromatic nitrogens is 1. The first-order valence-electron chi connectivity index (χ1n) is 8.45. The van der Waals surface area contributed by atoms with E-state index in [4.69, 9.17) is 9.47 Å². The highest BCUT2D eigenvalue weighted by Crippen LogP contribution is 2.34. The fraction of sp³-hybridized carbons (Fsp3) is 0.250. The lowest BCUT2D eigenvalue weighted by atomic mass is 10.0. The number of rotatable bonds is 8. The van der Waals surface area contributed by atoms with Crippen molar-refractivity contribution in [2.24, 2.45) is 0 Å². The molecule has 0 saturated heterocycles. The lowest BCUT2D eigenvalue weighted by molar-refractivity contribution is -0.139. The summed E-state index contributed by atoms with van der Waals surface area (Å²) >= 11 is 3.45. The fourth-order valence-electron chi connectivity index (χ4n) is 3.14. The Balaban J connectivity index is 1.80. The number of halogens is 1. The van der Waals surface area contributed by atoms with Gasteiger partial charge in [0, 0.05) is 40.1 Å². The number of para-hydroxylation sites is 1. The van der Waals surface area contributed by atoms with E-state index in [1.54, 1.807) is 14.2 Å². The van der Waals surface area contributed by atoms with Gasteiger partial charge < -0.3 is 19.6 Å². The molecule has 142 valence electrons. The van der Waals surface area contributed by atoms with Crippen LogP contribution in [-0.4, -0.2) is 36.3 Å². The van der Waals surface area contributed by atoms with Crippen LogP contribution in [0, 0.1) is 0 Å². The van der Waals surface area contributed by atoms with E-state index >= 15 is 0 Å². The number of methoxy groups -OCH3 is 2. The molecule has 0 aliphatic rings. The smallest absolute Gasteiger partial charge is 0.321 e. The quantitative estimate of drug-likeness (QED) is 0.504. The van der Waals surface area contributed by atoms with Gasteiger partial charge in [-0.15, -0.1) is 0 Å². The van der Waals surface area contributed by atoms with Crippen LogP contribution < -0.4 is 14.8 Å². The van der Waals surface area contributed by atoms with Crippen molar-refractivity contribution < 1.29 is 19.4 Å². The van der Waals surface area contributed by atoms with E-state index in [0.29, 0.717) is 24.5 Å². The standard InChI is InChI=1S/C20H21BrN2O4/c1-26-18-9-14(21)7-13(19(18)27-2)11-23-17(20(24)25)8-12-10-22-16-6-4-3-5-15(12)16/h3-7,9-10,17,22-23H,8,11H2,1-2H3,(H,24,25). The van der Waals surface area contributed by atoms with Gasteiger partial charge in [0.1, 0.15) is 6.04 Å². The molecule has 0 bridgehead atoms. The first kappa shape index (κ1) is 19.3. The van der Waals surface area contributed by atoms with Crippen LogP contribution in [0.5, 0.6) is 11.5 Å². The second-order valence-corrected chi connectivity index (χ2v) is 7.05. The van der Waals surface area contributed by atoms with Crippen molar-refractivity contribution in [1.82, 2.24) is 10.3 Å². The molecule has 2 aromatic carbocycles. The van der Waals surface area contributed by atoms with Crippen LogP contribution in [0.1, 0.15) is 11.1 Å². The van der Waals surface area contributed by atoms with Crippen LogP contribution in [0.3, 0.4) is 0 Å². The Bertz CT molecular complexity index is 954. The molecular weight excluding hydrogens is 412 g/mol. The van der Waals surface area contributed by atoms with Crippen molar-refractivity contribution in [3.63, 3.8) is 0 Å². The molecule has 7 heteroatoms. The molecule has 1 aromatic heterocycles. The zero-order valence-corrected chi connectivity index (χ0v) is 16.7. The van der Waals surface area contributed by atoms with Gasteiger partial charge in [0.15, 0.2) is 11.5 Å². The Morgan fingerprint density at radius 3 is 2.70 bits per heavy atom. The minimum Gasteiger partial charge on any atom is -0.493 e. The predicted octanol–water partition coefficient (Wildman–Crippen LogP) is 3.73. The average Bonchev–Trinajstić information content (AvgIpc) is 3.07. The maximum absolute atomic E-state index is 11.8. The number of carboxylic acid groups (broad SMARTS) is 1. The van der Waals surface area contributed by atoms with Crippen LogP contribution in [-0.2, 0) is 17.8 Å². The molecule has 6 nitrogen and oxygen atoms in total. The van der Waals surface area contributed by atoms with Gasteiger partial charge in [-0.1, -0.05) is 34.1 Å². The minimum atomic E-state index is -0.902. The number of carboxylic acids is 1. The summed E-state index contributed by atoms with van der Waals surface area (Å²) < 4.78 is 11.6. The number of nitrogens with one attached hydrogen (secondary N) is 2. The molecule has 3 aromatic rings. The molecule has 0 fully saturated rings. The highest BCUT2D eigenvalue weighted by molar-refractivity contribution is 9.10. The molecule has 0 spiro atoms. The van der Waals surface area contributed by atoms with Crippen LogP contribution in [0.25, 0.3) is 10.9 Å². The highest BCUT2D eigenvalue weighted by Gasteiger charge is 2.21. The third-order valence-electron chi connectivity index (χ3n) is 4.46. The van der Waals surface area contributed by atoms with E-state index < -0.39 is 12.0 Å². The van der Waals surface area contributed by atoms with Gasteiger partial charge in [0.25, 0.3) is 0 Å². The molecular formula is C20H21BrN2O4. The molecule has 27 heavy (non-hydrogen) atoms. The molecule has 0 saturated carbocycles. The zero-order chi connectivity index (χ0) is 19.4. The second kappa shape index (κ2) is 8.45. The monoisotopic (exact) mass is 432 g/mol. The fourth-order valence-corrected chi connectivity index (χ4v) is 3.62. The predicted molar refractivity (Wildman–Crippen MR) is 108 cm³/mol. The molecule has 0 radical (unpaired) electrons. The molecule has 0 aliphatic heterocycles. The molecule has 3 N–H and O–H groups in total. The van der Waals surface area contributed by atoms with Crippen LogP contribution in [0.15, 0.2) is 47.1 Å². The Kier molecular flexibility index (Phi) is 6.03. The number of carbonyl (C=O) groups is 1. The number of aromatic amines is 1. The summed E-state index contributed by atoms with van der Waals surface area (Å²) in [6.07, 6.45) is 2.23. The maximum atomic E-state index is 11.8. The number of aliphatic carboxylic acids is 1. The number of H-pyrrole nitrogens is 1. The van der Waals surface area contributed by atoms with E-state index in [1.165, 1.54) is 0 Å². The van der Waals surface area contributed by atoms with Gasteiger partial charge in [-0.05, 0) is 23.8 Å². The Labute approximate surface area is 165 Å². The largest absolute Gasteiger partial charge is 0.493 e. The summed E-state index contributed by atoms with van der Waals surface area (Å²) in [7, 11) is 3.13. The normalized spacial score (nSPS) is 12.1. The minimum absolute atomic E-state index is 0.332. The molecule has 0 amide bonds. The van der Waals surface area contributed by atoms with Crippen molar-refractivity contribution >= 4 is 32.8 Å². The molecule has 1 atom stereocenters. The van der Waals surface area contributed by atoms with Crippen molar-refractivity contribution in [3.05, 3.63) is 58.2 Å². The first-order chi connectivity index (χ1) is 13.0. The summed E-state index contributed by atoms with van der Waals surface area (Å²) in [6.45, 7) is 0.332. The number of benzene rings is 2. The summed E-state index contributed by atoms with van der Waals surface area (Å²) in [4.78, 5) is 15.0. The summed E-state index contributed by atoms with van der Waals surface area (Å²) in [5, 5.41) is 13.8. The highest BCUT2D eigenvalue weighted by atomic mass is 79.9. The van der Waals surface area contributed by atoms with E-state index in [2.05, 4.69) is 26.2 Å². The third kappa shape index (κ3) is 4.26. The van der Waals surface area contributed by atoms with E-state index in [0.717, 1.165) is 26.5 Å². The Morgan fingerprint density at radius 2 is 2.00 bits per heavy atom. The van der Waals surface area contributed by atoms with Crippen molar-refractivity contribution in [3.8, 4) is 11.5 Å². The maximum Gasteiger partial charge on any atom is 0.321 e. The van der Waals surface area contributed by atoms with Gasteiger partial charge in [-0.25, -0.2) is 0 Å². The van der Waals surface area contributed by atoms with Crippen LogP contribution in [0.2, 0.25) is 0 Å². The first-order valence-corrected chi connectivity index (χ1v) is 9.24. The van der Waals surface area contributed by atoms with Crippen molar-refractivity contribution in [2.45, 2.75) is 19.0 Å². The van der Waals surface area contributed by atoms with Crippen molar-refractivity contribution in [2.75, 3.05) is 14.2 Å². The van der Waals surface area contributed by atoms with Crippen LogP contribution in [0.4, 0.5) is 0 Å². The molecule has 0 aliphatic carbocycles. The zero-order valence-electron chi connectivity index (χ0n) is 15.1. The lowest BCUT2D eigenvalue weighted by Crippen LogP contribution is -2.38. The number of fused-ring (bicyclic) bond motifs is 1. The van der Waals surface area contributed by atoms with Gasteiger partial charge >= 0.3 is 5.97 Å². The third-order valence-corrected chi connectivity index (χ3v) is 4.91. The van der Waals surface area contributed by atoms with Gasteiger partial charge in [-0.2, -0.15) is 0 Å². The Morgan fingerprint density at radius 1 is 1.22 bits per heavy atom. The lowest BCUT2D eigenvalue weighted by Gasteiger charge is -2.17. The van der Waals surface area contributed by atoms with Gasteiger partial charge in [-0.3, -0.25) is 10.1 Å². The van der Waals surface area contributed by atoms with E-state index in [-0.39, 0.29) is 0 Å². The van der Waals surface area contributed by atoms with Crippen LogP contribution >= 0.6 is 15.9 Å². The number of ether oxygens (including phenoxy) is 2. The summed E-state index contributed by atoms with van der Waals surface area (Å²) in [5.41, 5.74) is 2.77. The van der Waals surface area contributed by atoms with Gasteiger partial charge in [0.05, 0.1) is 14.2 Å². The number of hydrogen-bond donors (Lipinski definition) is 3.